The molecule has 1 aromatic rings. The van der Waals surface area contributed by atoms with Gasteiger partial charge in [0.1, 0.15) is 6.04 Å². The summed E-state index contributed by atoms with van der Waals surface area (Å²) in [5, 5.41) is 14.6. The average molecular weight is 376 g/mol. The highest BCUT2D eigenvalue weighted by Crippen LogP contribution is 2.29. The monoisotopic (exact) mass is 376 g/mol. The minimum atomic E-state index is -1.14. The molecule has 1 aliphatic heterocycles. The zero-order valence-corrected chi connectivity index (χ0v) is 15.6. The van der Waals surface area contributed by atoms with E-state index >= 15 is 0 Å². The Labute approximate surface area is 157 Å². The number of nitrogens with zero attached hydrogens (tertiary/aromatic N) is 2. The molecule has 9 heteroatoms. The van der Waals surface area contributed by atoms with Crippen molar-refractivity contribution in [3.63, 3.8) is 0 Å². The molecule has 1 aromatic carbocycles. The molecule has 0 spiro atoms. The van der Waals surface area contributed by atoms with Gasteiger partial charge in [-0.15, -0.1) is 0 Å². The van der Waals surface area contributed by atoms with Crippen molar-refractivity contribution in [1.82, 2.24) is 10.2 Å². The highest BCUT2D eigenvalue weighted by atomic mass is 16.4. The van der Waals surface area contributed by atoms with Crippen LogP contribution < -0.4 is 15.5 Å². The molecular formula is C18H24N4O5. The van der Waals surface area contributed by atoms with Gasteiger partial charge in [0, 0.05) is 45.6 Å². The van der Waals surface area contributed by atoms with E-state index in [1.807, 2.05) is 11.9 Å². The van der Waals surface area contributed by atoms with Crippen LogP contribution in [0.1, 0.15) is 30.6 Å². The van der Waals surface area contributed by atoms with Gasteiger partial charge < -0.3 is 25.5 Å². The van der Waals surface area contributed by atoms with Gasteiger partial charge in [0.2, 0.25) is 11.8 Å². The third kappa shape index (κ3) is 4.96. The Morgan fingerprint density at radius 2 is 2.07 bits per heavy atom. The lowest BCUT2D eigenvalue weighted by atomic mass is 10.1. The second kappa shape index (κ2) is 8.52. The lowest BCUT2D eigenvalue weighted by molar-refractivity contribution is -0.141. The Hall–Kier alpha value is -3.10. The van der Waals surface area contributed by atoms with Crippen molar-refractivity contribution in [2.24, 2.45) is 0 Å². The van der Waals surface area contributed by atoms with Crippen LogP contribution in [0.2, 0.25) is 0 Å². The number of carbonyl (C=O) groups excluding carboxylic acids is 3. The summed E-state index contributed by atoms with van der Waals surface area (Å²) in [6.07, 6.45) is 0.341. The van der Waals surface area contributed by atoms with Crippen LogP contribution >= 0.6 is 0 Å². The molecule has 1 atom stereocenters. The maximum absolute atomic E-state index is 12.9. The molecule has 0 aromatic heterocycles. The van der Waals surface area contributed by atoms with E-state index in [0.29, 0.717) is 18.7 Å². The number of fused-ring (bicyclic) bond motifs is 1. The van der Waals surface area contributed by atoms with E-state index in [4.69, 9.17) is 0 Å². The molecule has 1 aliphatic rings. The molecule has 2 rings (SSSR count). The predicted molar refractivity (Wildman–Crippen MR) is 99.8 cm³/mol. The van der Waals surface area contributed by atoms with Gasteiger partial charge in [-0.25, -0.2) is 4.79 Å². The minimum absolute atomic E-state index is 0.0508. The molecule has 9 nitrogen and oxygen atoms in total. The number of rotatable bonds is 6. The van der Waals surface area contributed by atoms with Crippen LogP contribution in [0.15, 0.2) is 18.2 Å². The Kier molecular flexibility index (Phi) is 6.38. The largest absolute Gasteiger partial charge is 0.480 e. The first-order chi connectivity index (χ1) is 12.7. The van der Waals surface area contributed by atoms with Crippen molar-refractivity contribution in [3.8, 4) is 0 Å². The third-order valence-electron chi connectivity index (χ3n) is 4.42. The molecule has 27 heavy (non-hydrogen) atoms. The minimum Gasteiger partial charge on any atom is -0.480 e. The van der Waals surface area contributed by atoms with Gasteiger partial charge in [-0.1, -0.05) is 0 Å². The van der Waals surface area contributed by atoms with E-state index in [0.717, 1.165) is 5.69 Å². The summed E-state index contributed by atoms with van der Waals surface area (Å²) < 4.78 is 0. The zero-order valence-electron chi connectivity index (χ0n) is 15.6. The molecule has 0 saturated carbocycles. The van der Waals surface area contributed by atoms with Crippen molar-refractivity contribution in [1.29, 1.82) is 0 Å². The Morgan fingerprint density at radius 1 is 1.37 bits per heavy atom. The van der Waals surface area contributed by atoms with Crippen molar-refractivity contribution >= 4 is 35.1 Å². The lowest BCUT2D eigenvalue weighted by Gasteiger charge is -2.27. The van der Waals surface area contributed by atoms with Gasteiger partial charge in [-0.05, 0) is 25.1 Å². The third-order valence-corrected chi connectivity index (χ3v) is 4.42. The van der Waals surface area contributed by atoms with Gasteiger partial charge in [-0.2, -0.15) is 0 Å². The zero-order chi connectivity index (χ0) is 20.1. The molecule has 0 fully saturated rings. The first kappa shape index (κ1) is 20.2. The molecule has 0 aliphatic carbocycles. The van der Waals surface area contributed by atoms with E-state index in [2.05, 4.69) is 10.6 Å². The summed E-state index contributed by atoms with van der Waals surface area (Å²) in [6.45, 7) is 3.51. The fraction of sp³-hybridized carbons (Fsp3) is 0.444. The van der Waals surface area contributed by atoms with Crippen molar-refractivity contribution in [2.75, 3.05) is 36.9 Å². The second-order valence-electron chi connectivity index (χ2n) is 6.45. The maximum atomic E-state index is 12.9. The van der Waals surface area contributed by atoms with Crippen LogP contribution in [-0.4, -0.2) is 66.4 Å². The summed E-state index contributed by atoms with van der Waals surface area (Å²) >= 11 is 0. The quantitative estimate of drug-likeness (QED) is 0.666. The highest BCUT2D eigenvalue weighted by Gasteiger charge is 2.27. The number of hydrogen-bond acceptors (Lipinski definition) is 5. The Balaban J connectivity index is 2.29. The van der Waals surface area contributed by atoms with E-state index in [9.17, 15) is 24.3 Å². The summed E-state index contributed by atoms with van der Waals surface area (Å²) in [5.41, 5.74) is 1.56. The number of benzene rings is 1. The molecule has 0 saturated heterocycles. The SMILES string of the molecule is CC(=O)NCCN(C(=O)c1ccc2c(c1)NC(=O)CCN2C)C(C)C(=O)O. The lowest BCUT2D eigenvalue weighted by Crippen LogP contribution is -2.46. The average Bonchev–Trinajstić information content (AvgIpc) is 2.75. The molecule has 1 unspecified atom stereocenters. The van der Waals surface area contributed by atoms with Crippen molar-refractivity contribution < 1.29 is 24.3 Å². The standard InChI is InChI=1S/C18H24N4O5/c1-11(18(26)27)22(9-7-19-12(2)23)17(25)13-4-5-15-14(10-13)20-16(24)6-8-21(15)3/h4-5,10-11H,6-9H2,1-3H3,(H,19,23)(H,20,24)(H,26,27). The predicted octanol–water partition coefficient (Wildman–Crippen LogP) is 0.516. The molecular weight excluding hydrogens is 352 g/mol. The van der Waals surface area contributed by atoms with Crippen LogP contribution in [0.5, 0.6) is 0 Å². The summed E-state index contributed by atoms with van der Waals surface area (Å²) in [6, 6.07) is 3.82. The molecule has 3 N–H and O–H groups in total. The Morgan fingerprint density at radius 3 is 2.70 bits per heavy atom. The number of carboxylic acid groups (broad SMARTS) is 1. The van der Waals surface area contributed by atoms with Crippen LogP contribution in [0, 0.1) is 0 Å². The molecule has 1 heterocycles. The summed E-state index contributed by atoms with van der Waals surface area (Å²) in [4.78, 5) is 50.3. The fourth-order valence-corrected chi connectivity index (χ4v) is 2.83. The van der Waals surface area contributed by atoms with Gasteiger partial charge in [0.15, 0.2) is 0 Å². The fourth-order valence-electron chi connectivity index (χ4n) is 2.83. The second-order valence-corrected chi connectivity index (χ2v) is 6.45. The number of amides is 3. The number of carbonyl (C=O) groups is 4. The van der Waals surface area contributed by atoms with Gasteiger partial charge in [-0.3, -0.25) is 14.4 Å². The van der Waals surface area contributed by atoms with Gasteiger partial charge >= 0.3 is 5.97 Å². The first-order valence-electron chi connectivity index (χ1n) is 8.64. The topological polar surface area (TPSA) is 119 Å². The summed E-state index contributed by atoms with van der Waals surface area (Å²) in [5.74, 6) is -2.04. The van der Waals surface area contributed by atoms with Crippen molar-refractivity contribution in [3.05, 3.63) is 23.8 Å². The van der Waals surface area contributed by atoms with Gasteiger partial charge in [0.25, 0.3) is 5.91 Å². The van der Waals surface area contributed by atoms with E-state index in [-0.39, 0.29) is 30.5 Å². The molecule has 0 radical (unpaired) electrons. The molecule has 0 bridgehead atoms. The van der Waals surface area contributed by atoms with Crippen LogP contribution in [0.4, 0.5) is 11.4 Å². The number of nitrogens with one attached hydrogen (secondary N) is 2. The van der Waals surface area contributed by atoms with Crippen LogP contribution in [0.25, 0.3) is 0 Å². The van der Waals surface area contributed by atoms with E-state index < -0.39 is 17.9 Å². The number of anilines is 2. The van der Waals surface area contributed by atoms with Crippen LogP contribution in [0.3, 0.4) is 0 Å². The van der Waals surface area contributed by atoms with E-state index in [1.165, 1.54) is 18.7 Å². The smallest absolute Gasteiger partial charge is 0.326 e. The molecule has 146 valence electrons. The van der Waals surface area contributed by atoms with Crippen LogP contribution in [-0.2, 0) is 14.4 Å². The number of carboxylic acids is 1. The first-order valence-corrected chi connectivity index (χ1v) is 8.64. The number of aliphatic carboxylic acids is 1. The maximum Gasteiger partial charge on any atom is 0.326 e. The highest BCUT2D eigenvalue weighted by molar-refractivity contribution is 6.01. The van der Waals surface area contributed by atoms with E-state index in [1.54, 1.807) is 18.2 Å². The molecule has 3 amide bonds. The van der Waals surface area contributed by atoms with Crippen molar-refractivity contribution in [2.45, 2.75) is 26.3 Å². The van der Waals surface area contributed by atoms with Gasteiger partial charge in [0.05, 0.1) is 11.4 Å². The summed E-state index contributed by atoms with van der Waals surface area (Å²) in [7, 11) is 1.85. The number of hydrogen-bond donors (Lipinski definition) is 3. The normalized spacial score (nSPS) is 14.5. The Bertz CT molecular complexity index is 764.